The van der Waals surface area contributed by atoms with E-state index in [0.29, 0.717) is 41.6 Å². The number of carbonyl (C=O) groups excluding carboxylic acids is 1. The van der Waals surface area contributed by atoms with Gasteiger partial charge in [-0.25, -0.2) is 9.78 Å². The quantitative estimate of drug-likeness (QED) is 0.379. The predicted molar refractivity (Wildman–Crippen MR) is 112 cm³/mol. The van der Waals surface area contributed by atoms with Crippen LogP contribution in [0.2, 0.25) is 0 Å². The van der Waals surface area contributed by atoms with Gasteiger partial charge in [0, 0.05) is 19.3 Å². The van der Waals surface area contributed by atoms with Gasteiger partial charge in [0.15, 0.2) is 11.4 Å². The number of rotatable bonds is 8. The summed E-state index contributed by atoms with van der Waals surface area (Å²) in [6.45, 7) is 0.705. The molecular weight excluding hydrogens is 386 g/mol. The van der Waals surface area contributed by atoms with Gasteiger partial charge in [-0.05, 0) is 36.4 Å². The second-order valence-corrected chi connectivity index (χ2v) is 6.34. The van der Waals surface area contributed by atoms with E-state index in [1.165, 1.54) is 4.57 Å². The van der Waals surface area contributed by atoms with Crippen molar-refractivity contribution in [3.05, 3.63) is 71.3 Å². The number of nitrogens with one attached hydrogen (secondary N) is 3. The van der Waals surface area contributed by atoms with Crippen LogP contribution in [0.3, 0.4) is 0 Å². The van der Waals surface area contributed by atoms with Crippen molar-refractivity contribution in [1.29, 1.82) is 0 Å². The molecule has 0 fully saturated rings. The molecule has 0 aliphatic carbocycles. The Morgan fingerprint density at radius 1 is 0.933 bits per heavy atom. The molecule has 0 aliphatic heterocycles. The Morgan fingerprint density at radius 3 is 2.53 bits per heavy atom. The molecule has 30 heavy (non-hydrogen) atoms. The van der Waals surface area contributed by atoms with Gasteiger partial charge in [0.1, 0.15) is 18.2 Å². The number of benzene rings is 1. The van der Waals surface area contributed by atoms with Crippen molar-refractivity contribution in [2.24, 2.45) is 0 Å². The molecule has 0 saturated heterocycles. The summed E-state index contributed by atoms with van der Waals surface area (Å²) >= 11 is 0. The summed E-state index contributed by atoms with van der Waals surface area (Å²) in [6, 6.07) is 16.1. The van der Waals surface area contributed by atoms with Crippen molar-refractivity contribution in [2.45, 2.75) is 6.54 Å². The SMILES string of the molecule is O=C(Cn1c(=O)oc2ccccc21)NCCNc1ccc(Nc2ccccn2)nn1. The van der Waals surface area contributed by atoms with E-state index < -0.39 is 5.76 Å². The summed E-state index contributed by atoms with van der Waals surface area (Å²) < 4.78 is 6.42. The van der Waals surface area contributed by atoms with Gasteiger partial charge in [-0.1, -0.05) is 18.2 Å². The maximum absolute atomic E-state index is 12.2. The Labute approximate surface area is 171 Å². The highest BCUT2D eigenvalue weighted by Crippen LogP contribution is 2.12. The maximum atomic E-state index is 12.2. The fraction of sp³-hybridized carbons (Fsp3) is 0.150. The Morgan fingerprint density at radius 2 is 1.73 bits per heavy atom. The third-order valence-electron chi connectivity index (χ3n) is 4.21. The van der Waals surface area contributed by atoms with Crippen LogP contribution in [0.5, 0.6) is 0 Å². The fourth-order valence-electron chi connectivity index (χ4n) is 2.82. The Bertz CT molecular complexity index is 1190. The second kappa shape index (κ2) is 8.86. The molecule has 4 aromatic rings. The summed E-state index contributed by atoms with van der Waals surface area (Å²) in [6.07, 6.45) is 1.69. The van der Waals surface area contributed by atoms with Crippen LogP contribution in [-0.4, -0.2) is 38.7 Å². The van der Waals surface area contributed by atoms with Gasteiger partial charge in [-0.15, -0.1) is 10.2 Å². The minimum Gasteiger partial charge on any atom is -0.408 e. The van der Waals surface area contributed by atoms with E-state index in [4.69, 9.17) is 4.42 Å². The number of nitrogens with zero attached hydrogens (tertiary/aromatic N) is 4. The predicted octanol–water partition coefficient (Wildman–Crippen LogP) is 1.75. The van der Waals surface area contributed by atoms with E-state index >= 15 is 0 Å². The molecule has 0 radical (unpaired) electrons. The summed E-state index contributed by atoms with van der Waals surface area (Å²) in [5.41, 5.74) is 1.04. The number of anilines is 3. The lowest BCUT2D eigenvalue weighted by Gasteiger charge is -2.08. The van der Waals surface area contributed by atoms with Crippen LogP contribution in [0, 0.1) is 0 Å². The summed E-state index contributed by atoms with van der Waals surface area (Å²) in [7, 11) is 0. The van der Waals surface area contributed by atoms with Crippen molar-refractivity contribution < 1.29 is 9.21 Å². The fourth-order valence-corrected chi connectivity index (χ4v) is 2.82. The number of hydrogen-bond donors (Lipinski definition) is 3. The number of hydrogen-bond acceptors (Lipinski definition) is 8. The van der Waals surface area contributed by atoms with Gasteiger partial charge < -0.3 is 20.4 Å². The largest absolute Gasteiger partial charge is 0.420 e. The van der Waals surface area contributed by atoms with E-state index in [0.717, 1.165) is 0 Å². The topological polar surface area (TPSA) is 127 Å². The van der Waals surface area contributed by atoms with Gasteiger partial charge in [-0.3, -0.25) is 9.36 Å². The smallest absolute Gasteiger partial charge is 0.408 e. The van der Waals surface area contributed by atoms with E-state index in [9.17, 15) is 9.59 Å². The number of aromatic nitrogens is 4. The van der Waals surface area contributed by atoms with Crippen molar-refractivity contribution >= 4 is 34.5 Å². The van der Waals surface area contributed by atoms with Gasteiger partial charge in [0.25, 0.3) is 0 Å². The number of amides is 1. The zero-order valence-electron chi connectivity index (χ0n) is 15.9. The molecule has 3 N–H and O–H groups in total. The zero-order valence-corrected chi connectivity index (χ0v) is 15.9. The number of para-hydroxylation sites is 2. The Kier molecular flexibility index (Phi) is 5.65. The van der Waals surface area contributed by atoms with Crippen LogP contribution in [0.4, 0.5) is 17.5 Å². The van der Waals surface area contributed by atoms with E-state index in [1.807, 2.05) is 18.2 Å². The lowest BCUT2D eigenvalue weighted by molar-refractivity contribution is -0.121. The van der Waals surface area contributed by atoms with Crippen LogP contribution in [0.15, 0.2) is 70.0 Å². The molecule has 0 unspecified atom stereocenters. The first-order valence-corrected chi connectivity index (χ1v) is 9.30. The van der Waals surface area contributed by atoms with Crippen molar-refractivity contribution in [3.63, 3.8) is 0 Å². The first kappa shape index (κ1) is 19.1. The molecule has 0 aliphatic rings. The standard InChI is InChI=1S/C20H19N7O3/c28-19(13-27-14-5-1-2-6-15(14)30-20(27)29)23-12-11-22-17-8-9-18(26-25-17)24-16-7-3-4-10-21-16/h1-10H,11-13H2,(H,22,25)(H,23,28)(H,21,24,26). The van der Waals surface area contributed by atoms with Crippen molar-refractivity contribution in [2.75, 3.05) is 23.7 Å². The molecule has 3 aromatic heterocycles. The Balaban J connectivity index is 1.23. The van der Waals surface area contributed by atoms with Crippen LogP contribution in [0.1, 0.15) is 0 Å². The van der Waals surface area contributed by atoms with Gasteiger partial charge in [0.05, 0.1) is 5.52 Å². The molecule has 0 atom stereocenters. The Hall–Kier alpha value is -4.21. The first-order chi connectivity index (χ1) is 14.7. The van der Waals surface area contributed by atoms with Crippen LogP contribution >= 0.6 is 0 Å². The van der Waals surface area contributed by atoms with E-state index in [1.54, 1.807) is 42.6 Å². The summed E-state index contributed by atoms with van der Waals surface area (Å²) in [5, 5.41) is 17.0. The molecule has 4 rings (SSSR count). The first-order valence-electron chi connectivity index (χ1n) is 9.30. The van der Waals surface area contributed by atoms with Crippen LogP contribution in [-0.2, 0) is 11.3 Å². The van der Waals surface area contributed by atoms with Crippen molar-refractivity contribution in [1.82, 2.24) is 25.1 Å². The summed E-state index contributed by atoms with van der Waals surface area (Å²) in [5.74, 6) is 0.989. The molecule has 10 nitrogen and oxygen atoms in total. The minimum atomic E-state index is -0.556. The number of oxazole rings is 1. The highest BCUT2D eigenvalue weighted by molar-refractivity contribution is 5.79. The molecule has 1 amide bonds. The average molecular weight is 405 g/mol. The van der Waals surface area contributed by atoms with E-state index in [2.05, 4.69) is 31.1 Å². The zero-order chi connectivity index (χ0) is 20.8. The maximum Gasteiger partial charge on any atom is 0.420 e. The lowest BCUT2D eigenvalue weighted by atomic mass is 10.3. The van der Waals surface area contributed by atoms with Gasteiger partial charge in [0.2, 0.25) is 5.91 Å². The molecular formula is C20H19N7O3. The van der Waals surface area contributed by atoms with Gasteiger partial charge >= 0.3 is 5.76 Å². The molecule has 0 bridgehead atoms. The number of fused-ring (bicyclic) bond motifs is 1. The van der Waals surface area contributed by atoms with Crippen molar-refractivity contribution in [3.8, 4) is 0 Å². The third-order valence-corrected chi connectivity index (χ3v) is 4.21. The minimum absolute atomic E-state index is 0.108. The lowest BCUT2D eigenvalue weighted by Crippen LogP contribution is -2.33. The van der Waals surface area contributed by atoms with Crippen LogP contribution < -0.4 is 21.7 Å². The second-order valence-electron chi connectivity index (χ2n) is 6.34. The summed E-state index contributed by atoms with van der Waals surface area (Å²) in [4.78, 5) is 28.2. The molecule has 0 saturated carbocycles. The highest BCUT2D eigenvalue weighted by Gasteiger charge is 2.11. The van der Waals surface area contributed by atoms with Crippen LogP contribution in [0.25, 0.3) is 11.1 Å². The molecule has 1 aromatic carbocycles. The third kappa shape index (κ3) is 4.61. The monoisotopic (exact) mass is 405 g/mol. The normalized spacial score (nSPS) is 10.7. The number of carbonyl (C=O) groups is 1. The molecule has 0 spiro atoms. The average Bonchev–Trinajstić information content (AvgIpc) is 3.08. The highest BCUT2D eigenvalue weighted by atomic mass is 16.4. The number of pyridine rings is 1. The molecule has 3 heterocycles. The molecule has 152 valence electrons. The molecule has 10 heteroatoms. The van der Waals surface area contributed by atoms with E-state index in [-0.39, 0.29) is 12.5 Å². The van der Waals surface area contributed by atoms with Gasteiger partial charge in [-0.2, -0.15) is 0 Å².